The minimum atomic E-state index is -0.535. The summed E-state index contributed by atoms with van der Waals surface area (Å²) < 4.78 is 13.0. The van der Waals surface area contributed by atoms with E-state index < -0.39 is 5.82 Å². The number of nitrogens with zero attached hydrogens (tertiary/aromatic N) is 1. The van der Waals surface area contributed by atoms with Crippen molar-refractivity contribution in [3.8, 4) is 0 Å². The highest BCUT2D eigenvalue weighted by molar-refractivity contribution is 5.89. The molecule has 0 aromatic heterocycles. The van der Waals surface area contributed by atoms with Crippen molar-refractivity contribution in [3.05, 3.63) is 24.0 Å². The van der Waals surface area contributed by atoms with E-state index in [1.54, 1.807) is 13.1 Å². The highest BCUT2D eigenvalue weighted by atomic mass is 19.1. The molecule has 0 spiro atoms. The van der Waals surface area contributed by atoms with Crippen LogP contribution in [0.5, 0.6) is 0 Å². The number of nitrogens with one attached hydrogen (secondary N) is 1. The molecule has 1 aromatic rings. The number of carbonyl (C=O) groups is 1. The zero-order chi connectivity index (χ0) is 11.4. The summed E-state index contributed by atoms with van der Waals surface area (Å²) in [5.41, 5.74) is 5.77. The molecule has 0 heterocycles. The van der Waals surface area contributed by atoms with Gasteiger partial charge in [0.15, 0.2) is 0 Å². The first-order valence-electron chi connectivity index (χ1n) is 4.61. The quantitative estimate of drug-likeness (QED) is 0.734. The average molecular weight is 211 g/mol. The number of carbonyl (C=O) groups excluding carboxylic acids is 1. The van der Waals surface area contributed by atoms with Crippen molar-refractivity contribution in [2.24, 2.45) is 0 Å². The van der Waals surface area contributed by atoms with Crippen LogP contribution < -0.4 is 11.1 Å². The van der Waals surface area contributed by atoms with Crippen molar-refractivity contribution in [3.63, 3.8) is 0 Å². The lowest BCUT2D eigenvalue weighted by atomic mass is 10.3. The van der Waals surface area contributed by atoms with E-state index in [1.807, 2.05) is 6.92 Å². The highest BCUT2D eigenvalue weighted by Crippen LogP contribution is 2.15. The zero-order valence-corrected chi connectivity index (χ0v) is 8.75. The van der Waals surface area contributed by atoms with Crippen LogP contribution in [0.15, 0.2) is 18.2 Å². The lowest BCUT2D eigenvalue weighted by Crippen LogP contribution is -2.30. The van der Waals surface area contributed by atoms with Crippen molar-refractivity contribution in [1.29, 1.82) is 0 Å². The molecule has 5 heteroatoms. The van der Waals surface area contributed by atoms with Gasteiger partial charge in [-0.1, -0.05) is 0 Å². The van der Waals surface area contributed by atoms with E-state index in [0.29, 0.717) is 12.2 Å². The fourth-order valence-corrected chi connectivity index (χ4v) is 0.967. The Balaban J connectivity index is 2.73. The number of urea groups is 1. The van der Waals surface area contributed by atoms with Crippen molar-refractivity contribution < 1.29 is 9.18 Å². The second-order valence-electron chi connectivity index (χ2n) is 3.18. The van der Waals surface area contributed by atoms with Crippen molar-refractivity contribution in [1.82, 2.24) is 4.90 Å². The van der Waals surface area contributed by atoms with Gasteiger partial charge < -0.3 is 16.0 Å². The van der Waals surface area contributed by atoms with Crippen LogP contribution in [-0.4, -0.2) is 24.5 Å². The smallest absolute Gasteiger partial charge is 0.321 e. The molecule has 0 fully saturated rings. The summed E-state index contributed by atoms with van der Waals surface area (Å²) in [4.78, 5) is 12.9. The van der Waals surface area contributed by atoms with E-state index in [1.165, 1.54) is 17.0 Å². The molecule has 0 radical (unpaired) electrons. The van der Waals surface area contributed by atoms with Crippen molar-refractivity contribution in [2.75, 3.05) is 24.6 Å². The van der Waals surface area contributed by atoms with Crippen LogP contribution in [-0.2, 0) is 0 Å². The second kappa shape index (κ2) is 4.63. The summed E-state index contributed by atoms with van der Waals surface area (Å²) in [5.74, 6) is -0.535. The van der Waals surface area contributed by atoms with Gasteiger partial charge in [0.1, 0.15) is 5.82 Å². The maximum absolute atomic E-state index is 13.0. The van der Waals surface area contributed by atoms with Gasteiger partial charge >= 0.3 is 6.03 Å². The number of halogens is 1. The van der Waals surface area contributed by atoms with Gasteiger partial charge in [-0.25, -0.2) is 9.18 Å². The van der Waals surface area contributed by atoms with Crippen LogP contribution in [0.3, 0.4) is 0 Å². The highest BCUT2D eigenvalue weighted by Gasteiger charge is 2.07. The Hall–Kier alpha value is -1.78. The van der Waals surface area contributed by atoms with Gasteiger partial charge in [0.2, 0.25) is 0 Å². The van der Waals surface area contributed by atoms with Gasteiger partial charge in [0.25, 0.3) is 0 Å². The molecule has 4 nitrogen and oxygen atoms in total. The summed E-state index contributed by atoms with van der Waals surface area (Å²) in [6.07, 6.45) is 0. The van der Waals surface area contributed by atoms with Crippen LogP contribution in [0.4, 0.5) is 20.6 Å². The first kappa shape index (κ1) is 11.3. The number of nitrogens with two attached hydrogens (primary N) is 1. The molecule has 1 rings (SSSR count). The molecule has 0 aliphatic rings. The van der Waals surface area contributed by atoms with Crippen LogP contribution in [0, 0.1) is 5.82 Å². The van der Waals surface area contributed by atoms with Gasteiger partial charge in [0.05, 0.1) is 5.69 Å². The monoisotopic (exact) mass is 211 g/mol. The molecule has 0 unspecified atom stereocenters. The fourth-order valence-electron chi connectivity index (χ4n) is 0.967. The second-order valence-corrected chi connectivity index (χ2v) is 3.18. The molecule has 0 bridgehead atoms. The van der Waals surface area contributed by atoms with Crippen LogP contribution >= 0.6 is 0 Å². The predicted molar refractivity (Wildman–Crippen MR) is 58.1 cm³/mol. The molecular formula is C10H14FN3O. The molecule has 0 saturated carbocycles. The topological polar surface area (TPSA) is 58.4 Å². The van der Waals surface area contributed by atoms with E-state index in [9.17, 15) is 9.18 Å². The van der Waals surface area contributed by atoms with Gasteiger partial charge in [-0.2, -0.15) is 0 Å². The summed E-state index contributed by atoms with van der Waals surface area (Å²) in [6, 6.07) is 3.88. The number of hydrogen-bond acceptors (Lipinski definition) is 2. The number of rotatable bonds is 2. The van der Waals surface area contributed by atoms with Gasteiger partial charge in [-0.05, 0) is 25.1 Å². The summed E-state index contributed by atoms with van der Waals surface area (Å²) >= 11 is 0. The third kappa shape index (κ3) is 2.83. The third-order valence-corrected chi connectivity index (χ3v) is 2.07. The Bertz CT molecular complexity index is 368. The van der Waals surface area contributed by atoms with E-state index in [2.05, 4.69) is 5.32 Å². The minimum absolute atomic E-state index is 0.0665. The molecule has 0 aliphatic carbocycles. The predicted octanol–water partition coefficient (Wildman–Crippen LogP) is 1.89. The van der Waals surface area contributed by atoms with Gasteiger partial charge in [0, 0.05) is 19.3 Å². The largest absolute Gasteiger partial charge is 0.396 e. The first-order valence-corrected chi connectivity index (χ1v) is 4.61. The zero-order valence-electron chi connectivity index (χ0n) is 8.75. The Labute approximate surface area is 87.9 Å². The summed E-state index contributed by atoms with van der Waals surface area (Å²) in [5, 5.41) is 2.55. The molecule has 82 valence electrons. The van der Waals surface area contributed by atoms with E-state index in [-0.39, 0.29) is 11.7 Å². The molecular weight excluding hydrogens is 197 g/mol. The fraction of sp³-hybridized carbons (Fsp3) is 0.300. The molecule has 15 heavy (non-hydrogen) atoms. The molecule has 3 N–H and O–H groups in total. The van der Waals surface area contributed by atoms with Crippen molar-refractivity contribution >= 4 is 17.4 Å². The molecule has 0 saturated heterocycles. The minimum Gasteiger partial charge on any atom is -0.396 e. The SMILES string of the molecule is CCN(C)C(=O)Nc1ccc(N)c(F)c1. The maximum atomic E-state index is 13.0. The van der Waals surface area contributed by atoms with E-state index in [4.69, 9.17) is 5.73 Å². The van der Waals surface area contributed by atoms with Crippen LogP contribution in [0.25, 0.3) is 0 Å². The molecule has 0 atom stereocenters. The number of amides is 2. The first-order chi connectivity index (χ1) is 7.04. The van der Waals surface area contributed by atoms with E-state index in [0.717, 1.165) is 0 Å². The normalized spacial score (nSPS) is 9.80. The standard InChI is InChI=1S/C10H14FN3O/c1-3-14(2)10(15)13-7-4-5-9(12)8(11)6-7/h4-6H,3,12H2,1-2H3,(H,13,15). The molecule has 2 amide bonds. The van der Waals surface area contributed by atoms with Crippen molar-refractivity contribution in [2.45, 2.75) is 6.92 Å². The molecule has 0 aliphatic heterocycles. The lowest BCUT2D eigenvalue weighted by molar-refractivity contribution is 0.224. The average Bonchev–Trinajstić information content (AvgIpc) is 2.22. The summed E-state index contributed by atoms with van der Waals surface area (Å²) in [7, 11) is 1.66. The number of benzene rings is 1. The number of nitrogen functional groups attached to an aromatic ring is 1. The number of anilines is 2. The molecule has 1 aromatic carbocycles. The summed E-state index contributed by atoms with van der Waals surface area (Å²) in [6.45, 7) is 2.44. The Kier molecular flexibility index (Phi) is 3.49. The van der Waals surface area contributed by atoms with Crippen LogP contribution in [0.2, 0.25) is 0 Å². The van der Waals surface area contributed by atoms with E-state index >= 15 is 0 Å². The van der Waals surface area contributed by atoms with Crippen LogP contribution in [0.1, 0.15) is 6.92 Å². The lowest BCUT2D eigenvalue weighted by Gasteiger charge is -2.15. The van der Waals surface area contributed by atoms with Gasteiger partial charge in [-0.3, -0.25) is 0 Å². The number of hydrogen-bond donors (Lipinski definition) is 2. The Morgan fingerprint density at radius 3 is 2.80 bits per heavy atom. The third-order valence-electron chi connectivity index (χ3n) is 2.07. The Morgan fingerprint density at radius 2 is 2.27 bits per heavy atom. The van der Waals surface area contributed by atoms with Gasteiger partial charge in [-0.15, -0.1) is 0 Å². The Morgan fingerprint density at radius 1 is 1.60 bits per heavy atom. The maximum Gasteiger partial charge on any atom is 0.321 e.